The predicted molar refractivity (Wildman–Crippen MR) is 84.5 cm³/mol. The average Bonchev–Trinajstić information content (AvgIpc) is 2.40. The van der Waals surface area contributed by atoms with Gasteiger partial charge in [0.1, 0.15) is 11.4 Å². The first-order valence-electron chi connectivity index (χ1n) is 7.09. The molecule has 0 atom stereocenters. The quantitative estimate of drug-likeness (QED) is 0.818. The highest BCUT2D eigenvalue weighted by atomic mass is 16.5. The minimum absolute atomic E-state index is 0.144. The minimum Gasteiger partial charge on any atom is -0.484 e. The maximum atomic E-state index is 5.99. The molecule has 0 saturated heterocycles. The first-order valence-corrected chi connectivity index (χ1v) is 7.09. The summed E-state index contributed by atoms with van der Waals surface area (Å²) in [6.07, 6.45) is 0. The van der Waals surface area contributed by atoms with Crippen molar-refractivity contribution in [1.29, 1.82) is 0 Å². The number of hydrogen-bond donors (Lipinski definition) is 1. The summed E-state index contributed by atoms with van der Waals surface area (Å²) in [5, 5.41) is 3.46. The summed E-state index contributed by atoms with van der Waals surface area (Å²) in [6.45, 7) is 9.32. The minimum atomic E-state index is -0.144. The van der Waals surface area contributed by atoms with Crippen molar-refractivity contribution in [3.05, 3.63) is 47.5 Å². The molecule has 20 heavy (non-hydrogen) atoms. The molecule has 2 aromatic carbocycles. The Balaban J connectivity index is 1.99. The van der Waals surface area contributed by atoms with Crippen LogP contribution in [0, 0.1) is 13.8 Å². The number of nitrogens with one attached hydrogen (secondary N) is 1. The maximum Gasteiger partial charge on any atom is 0.143 e. The van der Waals surface area contributed by atoms with E-state index in [0.29, 0.717) is 0 Å². The number of hydrogen-bond acceptors (Lipinski definition) is 2. The normalized spacial score (nSPS) is 16.0. The molecule has 104 valence electrons. The molecule has 2 nitrogen and oxygen atoms in total. The third-order valence-electron chi connectivity index (χ3n) is 3.91. The van der Waals surface area contributed by atoms with E-state index in [9.17, 15) is 0 Å². The number of anilines is 1. The Morgan fingerprint density at radius 3 is 2.40 bits per heavy atom. The van der Waals surface area contributed by atoms with Crippen LogP contribution < -0.4 is 10.1 Å². The molecular formula is C18H21NO. The zero-order valence-electron chi connectivity index (χ0n) is 12.6. The third-order valence-corrected chi connectivity index (χ3v) is 3.91. The lowest BCUT2D eigenvalue weighted by Gasteiger charge is -2.33. The molecular weight excluding hydrogens is 246 g/mol. The molecule has 1 heterocycles. The van der Waals surface area contributed by atoms with Crippen LogP contribution in [0.5, 0.6) is 5.75 Å². The van der Waals surface area contributed by atoms with Crippen LogP contribution in [-0.4, -0.2) is 12.1 Å². The summed E-state index contributed by atoms with van der Waals surface area (Å²) < 4.78 is 5.99. The molecule has 1 N–H and O–H groups in total. The van der Waals surface area contributed by atoms with Gasteiger partial charge < -0.3 is 10.1 Å². The molecule has 0 aromatic heterocycles. The molecule has 0 saturated carbocycles. The average molecular weight is 267 g/mol. The van der Waals surface area contributed by atoms with Gasteiger partial charge in [-0.1, -0.05) is 24.3 Å². The molecule has 1 aliphatic heterocycles. The Kier molecular flexibility index (Phi) is 2.97. The molecule has 0 fully saturated rings. The molecule has 0 bridgehead atoms. The molecule has 2 heteroatoms. The Bertz CT molecular complexity index is 658. The Morgan fingerprint density at radius 2 is 1.65 bits per heavy atom. The lowest BCUT2D eigenvalue weighted by Crippen LogP contribution is -2.39. The number of benzene rings is 2. The van der Waals surface area contributed by atoms with Crippen molar-refractivity contribution in [3.8, 4) is 16.9 Å². The Morgan fingerprint density at radius 1 is 0.950 bits per heavy atom. The van der Waals surface area contributed by atoms with E-state index in [0.717, 1.165) is 18.0 Å². The number of ether oxygens (including phenoxy) is 1. The van der Waals surface area contributed by atoms with Gasteiger partial charge in [0, 0.05) is 0 Å². The summed E-state index contributed by atoms with van der Waals surface area (Å²) >= 11 is 0. The van der Waals surface area contributed by atoms with E-state index < -0.39 is 0 Å². The van der Waals surface area contributed by atoms with E-state index in [1.165, 1.54) is 22.3 Å². The van der Waals surface area contributed by atoms with Crippen molar-refractivity contribution >= 4 is 5.69 Å². The third kappa shape index (κ3) is 2.38. The van der Waals surface area contributed by atoms with Gasteiger partial charge in [-0.2, -0.15) is 0 Å². The molecule has 0 spiro atoms. The van der Waals surface area contributed by atoms with Crippen LogP contribution in [0.3, 0.4) is 0 Å². The van der Waals surface area contributed by atoms with Gasteiger partial charge in [-0.05, 0) is 62.1 Å². The zero-order valence-corrected chi connectivity index (χ0v) is 12.6. The van der Waals surface area contributed by atoms with Crippen LogP contribution in [0.4, 0.5) is 5.69 Å². The van der Waals surface area contributed by atoms with Gasteiger partial charge in [0.15, 0.2) is 0 Å². The van der Waals surface area contributed by atoms with E-state index in [2.05, 4.69) is 69.4 Å². The molecule has 0 amide bonds. The second-order valence-corrected chi connectivity index (χ2v) is 6.23. The van der Waals surface area contributed by atoms with E-state index in [4.69, 9.17) is 4.74 Å². The van der Waals surface area contributed by atoms with Crippen molar-refractivity contribution in [1.82, 2.24) is 0 Å². The smallest absolute Gasteiger partial charge is 0.143 e. The fourth-order valence-electron chi connectivity index (χ4n) is 2.50. The van der Waals surface area contributed by atoms with E-state index in [1.54, 1.807) is 0 Å². The topological polar surface area (TPSA) is 21.3 Å². The highest BCUT2D eigenvalue weighted by molar-refractivity contribution is 5.73. The SMILES string of the molecule is Cc1ccc(-c2ccc3c(c2)NCC(C)(C)O3)cc1C. The second-order valence-electron chi connectivity index (χ2n) is 6.23. The van der Waals surface area contributed by atoms with Gasteiger partial charge in [0.25, 0.3) is 0 Å². The highest BCUT2D eigenvalue weighted by Gasteiger charge is 2.26. The van der Waals surface area contributed by atoms with Crippen molar-refractivity contribution in [2.24, 2.45) is 0 Å². The van der Waals surface area contributed by atoms with Gasteiger partial charge >= 0.3 is 0 Å². The van der Waals surface area contributed by atoms with Crippen LogP contribution in [0.15, 0.2) is 36.4 Å². The van der Waals surface area contributed by atoms with Gasteiger partial charge in [0.05, 0.1) is 12.2 Å². The monoisotopic (exact) mass is 267 g/mol. The molecule has 3 rings (SSSR count). The lowest BCUT2D eigenvalue weighted by atomic mass is 9.99. The molecule has 0 unspecified atom stereocenters. The summed E-state index contributed by atoms with van der Waals surface area (Å²) in [7, 11) is 0. The largest absolute Gasteiger partial charge is 0.484 e. The zero-order chi connectivity index (χ0) is 14.3. The van der Waals surface area contributed by atoms with E-state index in [-0.39, 0.29) is 5.60 Å². The second kappa shape index (κ2) is 4.55. The number of aryl methyl sites for hydroxylation is 2. The summed E-state index contributed by atoms with van der Waals surface area (Å²) in [4.78, 5) is 0. The van der Waals surface area contributed by atoms with E-state index >= 15 is 0 Å². The van der Waals surface area contributed by atoms with Crippen molar-refractivity contribution < 1.29 is 4.74 Å². The highest BCUT2D eigenvalue weighted by Crippen LogP contribution is 2.36. The summed E-state index contributed by atoms with van der Waals surface area (Å²) in [5.41, 5.74) is 6.07. The van der Waals surface area contributed by atoms with Gasteiger partial charge in [-0.15, -0.1) is 0 Å². The fourth-order valence-corrected chi connectivity index (χ4v) is 2.50. The van der Waals surface area contributed by atoms with Crippen molar-refractivity contribution in [2.75, 3.05) is 11.9 Å². The van der Waals surface area contributed by atoms with Crippen molar-refractivity contribution in [2.45, 2.75) is 33.3 Å². The van der Waals surface area contributed by atoms with Crippen LogP contribution >= 0.6 is 0 Å². The van der Waals surface area contributed by atoms with Gasteiger partial charge in [-0.3, -0.25) is 0 Å². The van der Waals surface area contributed by atoms with E-state index in [1.807, 2.05) is 0 Å². The van der Waals surface area contributed by atoms with Crippen molar-refractivity contribution in [3.63, 3.8) is 0 Å². The first kappa shape index (κ1) is 13.0. The van der Waals surface area contributed by atoms with Gasteiger partial charge in [-0.25, -0.2) is 0 Å². The fraction of sp³-hybridized carbons (Fsp3) is 0.333. The van der Waals surface area contributed by atoms with Gasteiger partial charge in [0.2, 0.25) is 0 Å². The maximum absolute atomic E-state index is 5.99. The predicted octanol–water partition coefficient (Wildman–Crippen LogP) is 4.55. The van der Waals surface area contributed by atoms with Crippen LogP contribution in [0.2, 0.25) is 0 Å². The van der Waals surface area contributed by atoms with Crippen LogP contribution in [0.25, 0.3) is 11.1 Å². The first-order chi connectivity index (χ1) is 9.44. The van der Waals surface area contributed by atoms with Crippen LogP contribution in [0.1, 0.15) is 25.0 Å². The Labute approximate surface area is 120 Å². The Hall–Kier alpha value is -1.96. The van der Waals surface area contributed by atoms with Crippen LogP contribution in [-0.2, 0) is 0 Å². The lowest BCUT2D eigenvalue weighted by molar-refractivity contribution is 0.116. The molecule has 0 radical (unpaired) electrons. The summed E-state index contributed by atoms with van der Waals surface area (Å²) in [6, 6.07) is 13.0. The number of rotatable bonds is 1. The molecule has 2 aromatic rings. The standard InChI is InChI=1S/C18H21NO/c1-12-5-6-14(9-13(12)2)15-7-8-17-16(10-15)19-11-18(3,4)20-17/h5-10,19H,11H2,1-4H3. The summed E-state index contributed by atoms with van der Waals surface area (Å²) in [5.74, 6) is 0.939. The number of fused-ring (bicyclic) bond motifs is 1. The molecule has 1 aliphatic rings. The molecule has 0 aliphatic carbocycles.